The summed E-state index contributed by atoms with van der Waals surface area (Å²) in [4.78, 5) is 28.0. The molecule has 2 N–H and O–H groups in total. The predicted molar refractivity (Wildman–Crippen MR) is 120 cm³/mol. The number of nitrogens with zero attached hydrogens (tertiary/aromatic N) is 1. The number of carbonyl (C=O) groups is 2. The number of carbonyl (C=O) groups excluding carboxylic acids is 2. The number of fused-ring (bicyclic) bond motifs is 1. The van der Waals surface area contributed by atoms with E-state index in [1.807, 2.05) is 18.2 Å². The summed E-state index contributed by atoms with van der Waals surface area (Å²) in [7, 11) is -3.53. The van der Waals surface area contributed by atoms with Crippen LogP contribution in [-0.4, -0.2) is 36.0 Å². The van der Waals surface area contributed by atoms with Gasteiger partial charge in [-0.3, -0.25) is 9.59 Å². The molecule has 0 saturated carbocycles. The molecule has 0 saturated heterocycles. The van der Waals surface area contributed by atoms with Crippen molar-refractivity contribution in [2.45, 2.75) is 24.4 Å². The van der Waals surface area contributed by atoms with Gasteiger partial charge in [0, 0.05) is 12.1 Å². The van der Waals surface area contributed by atoms with E-state index in [0.29, 0.717) is 11.1 Å². The Bertz CT molecular complexity index is 1290. The maximum absolute atomic E-state index is 13.4. The lowest BCUT2D eigenvalue weighted by molar-refractivity contribution is -0.120. The van der Waals surface area contributed by atoms with Gasteiger partial charge in [0.25, 0.3) is 11.8 Å². The van der Waals surface area contributed by atoms with Gasteiger partial charge in [0.2, 0.25) is 0 Å². The highest BCUT2D eigenvalue weighted by molar-refractivity contribution is 7.91. The number of sulfone groups is 1. The van der Waals surface area contributed by atoms with Crippen molar-refractivity contribution in [3.8, 4) is 5.75 Å². The van der Waals surface area contributed by atoms with E-state index in [1.165, 1.54) is 30.0 Å². The van der Waals surface area contributed by atoms with Crippen molar-refractivity contribution in [3.05, 3.63) is 89.5 Å². The molecule has 2 amide bonds. The molecular weight excluding hydrogens is 428 g/mol. The third-order valence-electron chi connectivity index (χ3n) is 5.49. The Balaban J connectivity index is 1.71. The molecule has 1 aliphatic rings. The van der Waals surface area contributed by atoms with Gasteiger partial charge < -0.3 is 15.3 Å². The van der Waals surface area contributed by atoms with Crippen molar-refractivity contribution in [3.63, 3.8) is 0 Å². The van der Waals surface area contributed by atoms with Crippen LogP contribution in [0.1, 0.15) is 34.5 Å². The highest BCUT2D eigenvalue weighted by Crippen LogP contribution is 2.34. The summed E-state index contributed by atoms with van der Waals surface area (Å²) < 4.78 is 24.5. The smallest absolute Gasteiger partial charge is 0.255 e. The second-order valence-electron chi connectivity index (χ2n) is 7.48. The van der Waals surface area contributed by atoms with Gasteiger partial charge in [0.05, 0.1) is 16.3 Å². The maximum atomic E-state index is 13.4. The molecule has 0 aromatic heterocycles. The van der Waals surface area contributed by atoms with Crippen LogP contribution in [0.25, 0.3) is 0 Å². The number of phenolic OH excluding ortho intramolecular Hbond substituents is 1. The molecule has 0 spiro atoms. The van der Waals surface area contributed by atoms with Crippen molar-refractivity contribution in [2.75, 3.05) is 11.1 Å². The Labute approximate surface area is 186 Å². The average molecular weight is 451 g/mol. The average Bonchev–Trinajstić information content (AvgIpc) is 3.12. The fraction of sp³-hybridized carbons (Fsp3) is 0.167. The normalized spacial score (nSPS) is 14.2. The number of hydrogen-bond donors (Lipinski definition) is 2. The standard InChI is InChI=1S/C24H22N2O5S/c1-2-32(30,31)18-12-13-21(27)20(14-18)25-23(28)22(16-8-4-3-5-9-16)26-15-17-10-6-7-11-19(17)24(26)29/h3-14,22,27H,2,15H2,1H3,(H,25,28)/t22-/m0/s1. The summed E-state index contributed by atoms with van der Waals surface area (Å²) in [6, 6.07) is 18.8. The summed E-state index contributed by atoms with van der Waals surface area (Å²) in [6.45, 7) is 1.78. The Morgan fingerprint density at radius 2 is 1.75 bits per heavy atom. The van der Waals surface area contributed by atoms with Crippen LogP contribution >= 0.6 is 0 Å². The molecule has 3 aromatic carbocycles. The van der Waals surface area contributed by atoms with Crippen molar-refractivity contribution in [2.24, 2.45) is 0 Å². The Kier molecular flexibility index (Phi) is 5.71. The Hall–Kier alpha value is -3.65. The molecular formula is C24H22N2O5S. The van der Waals surface area contributed by atoms with Crippen molar-refractivity contribution >= 4 is 27.3 Å². The number of hydrogen-bond acceptors (Lipinski definition) is 5. The Morgan fingerprint density at radius 1 is 1.06 bits per heavy atom. The van der Waals surface area contributed by atoms with Crippen LogP contribution in [0.4, 0.5) is 5.69 Å². The molecule has 0 radical (unpaired) electrons. The molecule has 32 heavy (non-hydrogen) atoms. The molecule has 4 rings (SSSR count). The number of amides is 2. The van der Waals surface area contributed by atoms with Crippen LogP contribution in [0.2, 0.25) is 0 Å². The van der Waals surface area contributed by atoms with E-state index < -0.39 is 21.8 Å². The monoisotopic (exact) mass is 450 g/mol. The summed E-state index contributed by atoms with van der Waals surface area (Å²) in [5, 5.41) is 12.9. The SMILES string of the molecule is CCS(=O)(=O)c1ccc(O)c(NC(=O)[C@H](c2ccccc2)N2Cc3ccccc3C2=O)c1. The summed E-state index contributed by atoms with van der Waals surface area (Å²) in [5.41, 5.74) is 1.93. The number of phenols is 1. The van der Waals surface area contributed by atoms with E-state index in [-0.39, 0.29) is 34.5 Å². The minimum absolute atomic E-state index is 0.00554. The lowest BCUT2D eigenvalue weighted by Crippen LogP contribution is -2.37. The number of rotatable bonds is 6. The lowest BCUT2D eigenvalue weighted by Gasteiger charge is -2.27. The molecule has 1 heterocycles. The molecule has 3 aromatic rings. The van der Waals surface area contributed by atoms with Crippen molar-refractivity contribution < 1.29 is 23.1 Å². The molecule has 0 bridgehead atoms. The van der Waals surface area contributed by atoms with Crippen molar-refractivity contribution in [1.29, 1.82) is 0 Å². The highest BCUT2D eigenvalue weighted by atomic mass is 32.2. The summed E-state index contributed by atoms with van der Waals surface area (Å²) in [6.07, 6.45) is 0. The van der Waals surface area contributed by atoms with Crippen LogP contribution in [-0.2, 0) is 21.2 Å². The van der Waals surface area contributed by atoms with Gasteiger partial charge in [-0.2, -0.15) is 0 Å². The highest BCUT2D eigenvalue weighted by Gasteiger charge is 2.37. The van der Waals surface area contributed by atoms with Gasteiger partial charge in [-0.15, -0.1) is 0 Å². The summed E-state index contributed by atoms with van der Waals surface area (Å²) >= 11 is 0. The molecule has 164 valence electrons. The first-order chi connectivity index (χ1) is 15.3. The fourth-order valence-electron chi connectivity index (χ4n) is 3.77. The van der Waals surface area contributed by atoms with Gasteiger partial charge in [-0.25, -0.2) is 8.42 Å². The third kappa shape index (κ3) is 3.97. The molecule has 0 fully saturated rings. The molecule has 7 nitrogen and oxygen atoms in total. The van der Waals surface area contributed by atoms with E-state index in [4.69, 9.17) is 0 Å². The predicted octanol–water partition coefficient (Wildman–Crippen LogP) is 3.52. The number of anilines is 1. The first kappa shape index (κ1) is 21.6. The minimum Gasteiger partial charge on any atom is -0.506 e. The quantitative estimate of drug-likeness (QED) is 0.559. The number of aromatic hydroxyl groups is 1. The zero-order valence-corrected chi connectivity index (χ0v) is 18.2. The lowest BCUT2D eigenvalue weighted by atomic mass is 10.0. The van der Waals surface area contributed by atoms with Gasteiger partial charge in [-0.05, 0) is 35.4 Å². The van der Waals surface area contributed by atoms with E-state index in [1.54, 1.807) is 36.4 Å². The van der Waals surface area contributed by atoms with Gasteiger partial charge in [0.15, 0.2) is 9.84 Å². The topological polar surface area (TPSA) is 104 Å². The maximum Gasteiger partial charge on any atom is 0.255 e. The molecule has 1 aliphatic heterocycles. The van der Waals surface area contributed by atoms with E-state index >= 15 is 0 Å². The van der Waals surface area contributed by atoms with Crippen LogP contribution < -0.4 is 5.32 Å². The molecule has 0 unspecified atom stereocenters. The first-order valence-corrected chi connectivity index (χ1v) is 11.8. The summed E-state index contributed by atoms with van der Waals surface area (Å²) in [5.74, 6) is -1.20. The van der Waals surface area contributed by atoms with Crippen molar-refractivity contribution in [1.82, 2.24) is 4.90 Å². The van der Waals surface area contributed by atoms with Crippen LogP contribution in [0, 0.1) is 0 Å². The first-order valence-electron chi connectivity index (χ1n) is 10.1. The van der Waals surface area contributed by atoms with E-state index in [0.717, 1.165) is 5.56 Å². The molecule has 8 heteroatoms. The Morgan fingerprint density at radius 3 is 2.44 bits per heavy atom. The molecule has 1 atom stereocenters. The fourth-order valence-corrected chi connectivity index (χ4v) is 4.68. The zero-order chi connectivity index (χ0) is 22.9. The third-order valence-corrected chi connectivity index (χ3v) is 7.22. The van der Waals surface area contributed by atoms with Crippen LogP contribution in [0.5, 0.6) is 5.75 Å². The number of benzene rings is 3. The second kappa shape index (κ2) is 8.47. The van der Waals surface area contributed by atoms with Gasteiger partial charge >= 0.3 is 0 Å². The van der Waals surface area contributed by atoms with Gasteiger partial charge in [-0.1, -0.05) is 55.5 Å². The second-order valence-corrected chi connectivity index (χ2v) is 9.75. The van der Waals surface area contributed by atoms with Gasteiger partial charge in [0.1, 0.15) is 11.8 Å². The minimum atomic E-state index is -3.53. The van der Waals surface area contributed by atoms with E-state index in [2.05, 4.69) is 5.32 Å². The largest absolute Gasteiger partial charge is 0.506 e. The van der Waals surface area contributed by atoms with Crippen LogP contribution in [0.3, 0.4) is 0 Å². The molecule has 0 aliphatic carbocycles. The number of nitrogens with one attached hydrogen (secondary N) is 1. The van der Waals surface area contributed by atoms with E-state index in [9.17, 15) is 23.1 Å². The van der Waals surface area contributed by atoms with Crippen LogP contribution in [0.15, 0.2) is 77.7 Å². The zero-order valence-electron chi connectivity index (χ0n) is 17.4.